The molecule has 0 aliphatic carbocycles. The summed E-state index contributed by atoms with van der Waals surface area (Å²) in [5, 5.41) is 0. The normalized spacial score (nSPS) is 12.5. The van der Waals surface area contributed by atoms with Crippen LogP contribution in [0.3, 0.4) is 0 Å². The zero-order chi connectivity index (χ0) is 59.9. The summed E-state index contributed by atoms with van der Waals surface area (Å²) >= 11 is 0. The lowest BCUT2D eigenvalue weighted by molar-refractivity contribution is -0.167. The Morgan fingerprint density at radius 3 is 0.675 bits per heavy atom. The van der Waals surface area contributed by atoms with Gasteiger partial charge < -0.3 is 14.2 Å². The van der Waals surface area contributed by atoms with E-state index in [1.165, 1.54) is 250 Å². The van der Waals surface area contributed by atoms with Gasteiger partial charge in [-0.25, -0.2) is 0 Å². The zero-order valence-corrected chi connectivity index (χ0v) is 55.5. The van der Waals surface area contributed by atoms with Crippen LogP contribution in [0.15, 0.2) is 72.9 Å². The van der Waals surface area contributed by atoms with E-state index in [1.54, 1.807) is 0 Å². The van der Waals surface area contributed by atoms with Gasteiger partial charge in [0.25, 0.3) is 0 Å². The highest BCUT2D eigenvalue weighted by molar-refractivity contribution is 5.71. The maximum atomic E-state index is 12.9. The third-order valence-electron chi connectivity index (χ3n) is 16.2. The van der Waals surface area contributed by atoms with Crippen LogP contribution in [0.5, 0.6) is 0 Å². The molecule has 1 unspecified atom stereocenters. The van der Waals surface area contributed by atoms with Crippen molar-refractivity contribution >= 4 is 17.9 Å². The first-order chi connectivity index (χ1) is 41.0. The van der Waals surface area contributed by atoms with E-state index in [1.807, 2.05) is 0 Å². The third-order valence-corrected chi connectivity index (χ3v) is 16.2. The van der Waals surface area contributed by atoms with Crippen molar-refractivity contribution in [2.45, 2.75) is 386 Å². The van der Waals surface area contributed by atoms with Gasteiger partial charge in [0.2, 0.25) is 0 Å². The molecule has 0 aromatic heterocycles. The molecule has 6 heteroatoms. The summed E-state index contributed by atoms with van der Waals surface area (Å²) in [6.45, 7) is 6.65. The molecule has 0 radical (unpaired) electrons. The largest absolute Gasteiger partial charge is 0.462 e. The minimum absolute atomic E-state index is 0.0760. The van der Waals surface area contributed by atoms with Gasteiger partial charge in [0.15, 0.2) is 6.10 Å². The fourth-order valence-electron chi connectivity index (χ4n) is 10.7. The minimum Gasteiger partial charge on any atom is -0.462 e. The van der Waals surface area contributed by atoms with E-state index in [4.69, 9.17) is 14.2 Å². The lowest BCUT2D eigenvalue weighted by Gasteiger charge is -2.18. The molecule has 0 aromatic carbocycles. The molecule has 0 amide bonds. The third kappa shape index (κ3) is 69.5. The molecule has 83 heavy (non-hydrogen) atoms. The molecular formula is C77H138O6. The molecule has 0 saturated carbocycles. The number of unbranched alkanes of at least 4 members (excludes halogenated alkanes) is 44. The Morgan fingerprint density at radius 2 is 0.434 bits per heavy atom. The fourth-order valence-corrected chi connectivity index (χ4v) is 10.7. The van der Waals surface area contributed by atoms with Gasteiger partial charge in [0.1, 0.15) is 13.2 Å². The fraction of sp³-hybridized carbons (Fsp3) is 0.805. The highest BCUT2D eigenvalue weighted by Gasteiger charge is 2.19. The van der Waals surface area contributed by atoms with Gasteiger partial charge in [-0.15, -0.1) is 0 Å². The van der Waals surface area contributed by atoms with Crippen LogP contribution < -0.4 is 0 Å². The first kappa shape index (κ1) is 79.8. The van der Waals surface area contributed by atoms with Crippen molar-refractivity contribution in [1.29, 1.82) is 0 Å². The predicted molar refractivity (Wildman–Crippen MR) is 362 cm³/mol. The van der Waals surface area contributed by atoms with Crippen LogP contribution in [0.1, 0.15) is 380 Å². The first-order valence-corrected chi connectivity index (χ1v) is 36.4. The molecule has 0 N–H and O–H groups in total. The number of hydrogen-bond acceptors (Lipinski definition) is 6. The number of carbonyl (C=O) groups excluding carboxylic acids is 3. The maximum absolute atomic E-state index is 12.9. The van der Waals surface area contributed by atoms with Crippen LogP contribution in [-0.4, -0.2) is 37.2 Å². The van der Waals surface area contributed by atoms with Crippen molar-refractivity contribution in [2.75, 3.05) is 13.2 Å². The number of rotatable bonds is 67. The Bertz CT molecular complexity index is 1520. The standard InChI is InChI=1S/C77H138O6/c1-4-7-10-13-16-19-22-24-26-28-30-32-33-34-35-36-37-38-39-40-41-42-43-45-46-48-50-52-55-58-61-64-67-70-76(79)82-73-74(72-81-75(78)69-66-63-60-57-54-21-18-15-12-9-6-3)83-77(80)71-68-65-62-59-56-53-51-49-47-44-31-29-27-25-23-20-17-14-11-8-5-2/h22-25,28-31,33-34,47,49,74H,4-21,26-27,32,35-46,48,50-73H2,1-3H3/b24-22-,25-23-,30-28-,31-29-,34-33-,49-47-. The van der Waals surface area contributed by atoms with Gasteiger partial charge >= 0.3 is 17.9 Å². The lowest BCUT2D eigenvalue weighted by Crippen LogP contribution is -2.30. The highest BCUT2D eigenvalue weighted by atomic mass is 16.6. The second kappa shape index (κ2) is 71.3. The highest BCUT2D eigenvalue weighted by Crippen LogP contribution is 2.18. The number of allylic oxidation sites excluding steroid dienone is 12. The molecule has 0 rings (SSSR count). The number of carbonyl (C=O) groups is 3. The molecule has 0 bridgehead atoms. The Morgan fingerprint density at radius 1 is 0.241 bits per heavy atom. The van der Waals surface area contributed by atoms with Crippen LogP contribution in [-0.2, 0) is 28.6 Å². The van der Waals surface area contributed by atoms with Crippen molar-refractivity contribution in [3.63, 3.8) is 0 Å². The second-order valence-electron chi connectivity index (χ2n) is 24.5. The van der Waals surface area contributed by atoms with Gasteiger partial charge in [-0.3, -0.25) is 14.4 Å². The average Bonchev–Trinajstić information content (AvgIpc) is 3.48. The van der Waals surface area contributed by atoms with Crippen molar-refractivity contribution in [3.8, 4) is 0 Å². The van der Waals surface area contributed by atoms with E-state index in [2.05, 4.69) is 93.7 Å². The van der Waals surface area contributed by atoms with Crippen molar-refractivity contribution in [2.24, 2.45) is 0 Å². The summed E-state index contributed by atoms with van der Waals surface area (Å²) in [6.07, 6.45) is 93.7. The number of ether oxygens (including phenoxy) is 3. The summed E-state index contributed by atoms with van der Waals surface area (Å²) in [4.78, 5) is 38.4. The monoisotopic (exact) mass is 1160 g/mol. The molecule has 482 valence electrons. The molecule has 6 nitrogen and oxygen atoms in total. The summed E-state index contributed by atoms with van der Waals surface area (Å²) < 4.78 is 17.0. The first-order valence-electron chi connectivity index (χ1n) is 36.4. The molecule has 0 heterocycles. The summed E-state index contributed by atoms with van der Waals surface area (Å²) in [6, 6.07) is 0. The quantitative estimate of drug-likeness (QED) is 0.0261. The molecule has 0 aromatic rings. The summed E-state index contributed by atoms with van der Waals surface area (Å²) in [5.41, 5.74) is 0. The van der Waals surface area contributed by atoms with E-state index < -0.39 is 6.10 Å². The van der Waals surface area contributed by atoms with Crippen molar-refractivity contribution < 1.29 is 28.6 Å². The molecule has 0 fully saturated rings. The van der Waals surface area contributed by atoms with Crippen LogP contribution >= 0.6 is 0 Å². The van der Waals surface area contributed by atoms with Gasteiger partial charge in [0, 0.05) is 19.3 Å². The van der Waals surface area contributed by atoms with Gasteiger partial charge in [-0.2, -0.15) is 0 Å². The van der Waals surface area contributed by atoms with Gasteiger partial charge in [0.05, 0.1) is 0 Å². The second-order valence-corrected chi connectivity index (χ2v) is 24.5. The van der Waals surface area contributed by atoms with Gasteiger partial charge in [-0.05, 0) is 96.3 Å². The zero-order valence-electron chi connectivity index (χ0n) is 55.5. The minimum atomic E-state index is -0.781. The molecule has 0 aliphatic heterocycles. The Balaban J connectivity index is 4.15. The van der Waals surface area contributed by atoms with E-state index in [-0.39, 0.29) is 31.1 Å². The van der Waals surface area contributed by atoms with Crippen LogP contribution in [0.4, 0.5) is 0 Å². The van der Waals surface area contributed by atoms with E-state index >= 15 is 0 Å². The lowest BCUT2D eigenvalue weighted by atomic mass is 10.0. The SMILES string of the molecule is CCCCCCC/C=C\C/C=C\C/C=C\CCCCCCCCCCCCCCCCCCCCC(=O)OCC(COC(=O)CCCCCCCCCCCCC)OC(=O)CCCCCCCC/C=C\C/C=C\C/C=C\CCCCCCC. The summed E-state index contributed by atoms with van der Waals surface area (Å²) in [7, 11) is 0. The van der Waals surface area contributed by atoms with E-state index in [0.29, 0.717) is 19.3 Å². The molecular weight excluding hydrogens is 1020 g/mol. The number of hydrogen-bond donors (Lipinski definition) is 0. The smallest absolute Gasteiger partial charge is 0.306 e. The summed E-state index contributed by atoms with van der Waals surface area (Å²) in [5.74, 6) is -0.868. The van der Waals surface area contributed by atoms with Crippen molar-refractivity contribution in [1.82, 2.24) is 0 Å². The van der Waals surface area contributed by atoms with Crippen LogP contribution in [0, 0.1) is 0 Å². The van der Waals surface area contributed by atoms with Crippen molar-refractivity contribution in [3.05, 3.63) is 72.9 Å². The molecule has 1 atom stereocenters. The van der Waals surface area contributed by atoms with Crippen LogP contribution in [0.2, 0.25) is 0 Å². The predicted octanol–water partition coefficient (Wildman–Crippen LogP) is 25.2. The molecule has 0 aliphatic rings. The Hall–Kier alpha value is -3.15. The maximum Gasteiger partial charge on any atom is 0.306 e. The molecule has 0 saturated heterocycles. The average molecular weight is 1160 g/mol. The Labute approximate surface area is 516 Å². The molecule has 0 spiro atoms. The Kier molecular flexibility index (Phi) is 68.6. The van der Waals surface area contributed by atoms with E-state index in [0.717, 1.165) is 89.9 Å². The topological polar surface area (TPSA) is 78.9 Å². The van der Waals surface area contributed by atoms with Crippen LogP contribution in [0.25, 0.3) is 0 Å². The van der Waals surface area contributed by atoms with Gasteiger partial charge in [-0.1, -0.05) is 338 Å². The van der Waals surface area contributed by atoms with E-state index in [9.17, 15) is 14.4 Å². The number of esters is 3.